The number of ether oxygens (including phenoxy) is 1. The molecule has 0 spiro atoms. The van der Waals surface area contributed by atoms with E-state index in [0.29, 0.717) is 14.9 Å². The summed E-state index contributed by atoms with van der Waals surface area (Å²) in [6, 6.07) is 4.90. The summed E-state index contributed by atoms with van der Waals surface area (Å²) in [5.74, 6) is 0.448. The molecule has 0 bridgehead atoms. The normalized spacial score (nSPS) is 11.7. The van der Waals surface area contributed by atoms with Gasteiger partial charge >= 0.3 is 0 Å². The van der Waals surface area contributed by atoms with Gasteiger partial charge in [-0.3, -0.25) is 4.79 Å². The van der Waals surface area contributed by atoms with Crippen LogP contribution < -0.4 is 19.5 Å². The van der Waals surface area contributed by atoms with Crippen LogP contribution in [0.2, 0.25) is 0 Å². The number of H-pyrrole nitrogens is 1. The van der Waals surface area contributed by atoms with E-state index in [1.807, 2.05) is 0 Å². The van der Waals surface area contributed by atoms with E-state index in [2.05, 4.69) is 11.6 Å². The van der Waals surface area contributed by atoms with Gasteiger partial charge in [0, 0.05) is 0 Å². The molecule has 0 aliphatic heterocycles. The minimum absolute atomic E-state index is 0.0718. The number of aromatic hydroxyl groups is 1. The van der Waals surface area contributed by atoms with Gasteiger partial charge in [-0.25, -0.2) is 0 Å². The second-order valence-electron chi connectivity index (χ2n) is 3.42. The van der Waals surface area contributed by atoms with Crippen molar-refractivity contribution in [2.45, 2.75) is 0 Å². The number of thiazole rings is 1. The van der Waals surface area contributed by atoms with Gasteiger partial charge in [0.05, 0.1) is 16.3 Å². The minimum atomic E-state index is -0.160. The maximum Gasteiger partial charge on any atom is 0.266 e. The Kier molecular flexibility index (Phi) is 3.01. The zero-order valence-electron chi connectivity index (χ0n) is 9.19. The third-order valence-electron chi connectivity index (χ3n) is 2.21. The quantitative estimate of drug-likeness (QED) is 0.809. The number of benzene rings is 1. The first kappa shape index (κ1) is 11.5. The number of aromatic nitrogens is 1. The molecule has 1 aromatic carbocycles. The van der Waals surface area contributed by atoms with Crippen LogP contribution in [-0.4, -0.2) is 17.2 Å². The number of nitrogens with one attached hydrogen (secondary N) is 1. The highest BCUT2D eigenvalue weighted by Gasteiger charge is 2.01. The molecule has 2 aromatic rings. The van der Waals surface area contributed by atoms with Crippen LogP contribution in [0, 0.1) is 0 Å². The number of rotatable bonds is 2. The first-order valence-electron chi connectivity index (χ1n) is 4.87. The predicted octanol–water partition coefficient (Wildman–Crippen LogP) is 0.390. The second-order valence-corrected chi connectivity index (χ2v) is 4.56. The highest BCUT2D eigenvalue weighted by molar-refractivity contribution is 7.07. The highest BCUT2D eigenvalue weighted by Crippen LogP contribution is 2.26. The average Bonchev–Trinajstić information content (AvgIpc) is 2.60. The summed E-state index contributed by atoms with van der Waals surface area (Å²) in [5, 5.41) is 9.45. The van der Waals surface area contributed by atoms with Crippen molar-refractivity contribution in [2.75, 3.05) is 7.11 Å². The molecule has 1 aromatic heterocycles. The van der Waals surface area contributed by atoms with E-state index in [9.17, 15) is 9.90 Å². The van der Waals surface area contributed by atoms with Crippen molar-refractivity contribution < 1.29 is 9.84 Å². The van der Waals surface area contributed by atoms with Crippen LogP contribution in [0.4, 0.5) is 0 Å². The second kappa shape index (κ2) is 4.47. The first-order chi connectivity index (χ1) is 8.10. The molecule has 17 heavy (non-hydrogen) atoms. The molecule has 2 N–H and O–H groups in total. The van der Waals surface area contributed by atoms with Gasteiger partial charge in [-0.15, -0.1) is 11.3 Å². The van der Waals surface area contributed by atoms with Crippen LogP contribution >= 0.6 is 11.3 Å². The standard InChI is InChI=1S/C12H11NO3S/c1-7-13-12(15)11(17-7)6-8-3-4-9(14)10(5-8)16-2/h3-6,14H,1H2,2H3,(H,13,15)/b11-6-. The van der Waals surface area contributed by atoms with Crippen molar-refractivity contribution in [3.8, 4) is 11.5 Å². The van der Waals surface area contributed by atoms with Crippen molar-refractivity contribution in [3.63, 3.8) is 0 Å². The molecule has 0 fully saturated rings. The van der Waals surface area contributed by atoms with Gasteiger partial charge in [-0.05, 0) is 23.8 Å². The summed E-state index contributed by atoms with van der Waals surface area (Å²) in [7, 11) is 1.48. The van der Waals surface area contributed by atoms with Gasteiger partial charge < -0.3 is 14.8 Å². The van der Waals surface area contributed by atoms with E-state index in [1.54, 1.807) is 18.2 Å². The smallest absolute Gasteiger partial charge is 0.266 e. The molecule has 1 heterocycles. The Labute approximate surface area is 101 Å². The van der Waals surface area contributed by atoms with E-state index in [4.69, 9.17) is 4.74 Å². The van der Waals surface area contributed by atoms with Crippen molar-refractivity contribution in [3.05, 3.63) is 43.3 Å². The molecule has 0 aliphatic rings. The summed E-state index contributed by atoms with van der Waals surface area (Å²) in [5.41, 5.74) is 0.624. The molecule has 0 atom stereocenters. The molecule has 0 aliphatic carbocycles. The number of aromatic amines is 1. The lowest BCUT2D eigenvalue weighted by molar-refractivity contribution is 0.373. The van der Waals surface area contributed by atoms with Gasteiger partial charge in [-0.1, -0.05) is 12.6 Å². The van der Waals surface area contributed by atoms with Crippen LogP contribution in [-0.2, 0) is 0 Å². The van der Waals surface area contributed by atoms with Crippen molar-refractivity contribution in [1.82, 2.24) is 4.98 Å². The molecule has 0 unspecified atom stereocenters. The number of phenolic OH excluding ortho intramolecular Hbond substituents is 1. The van der Waals surface area contributed by atoms with Gasteiger partial charge in [0.2, 0.25) is 0 Å². The van der Waals surface area contributed by atoms with E-state index < -0.39 is 0 Å². The van der Waals surface area contributed by atoms with E-state index in [1.165, 1.54) is 24.5 Å². The molecule has 4 nitrogen and oxygen atoms in total. The zero-order chi connectivity index (χ0) is 12.4. The summed E-state index contributed by atoms with van der Waals surface area (Å²) >= 11 is 1.29. The third-order valence-corrected chi connectivity index (χ3v) is 3.08. The summed E-state index contributed by atoms with van der Waals surface area (Å²) in [6.45, 7) is 3.67. The Bertz CT molecular complexity index is 699. The monoisotopic (exact) mass is 249 g/mol. The molecule has 0 saturated carbocycles. The van der Waals surface area contributed by atoms with Crippen LogP contribution in [0.5, 0.6) is 11.5 Å². The molecule has 5 heteroatoms. The van der Waals surface area contributed by atoms with E-state index in [0.717, 1.165) is 5.56 Å². The van der Waals surface area contributed by atoms with Gasteiger partial charge in [-0.2, -0.15) is 0 Å². The minimum Gasteiger partial charge on any atom is -0.504 e. The average molecular weight is 249 g/mol. The Morgan fingerprint density at radius 1 is 1.53 bits per heavy atom. The van der Waals surface area contributed by atoms with Gasteiger partial charge in [0.25, 0.3) is 5.56 Å². The van der Waals surface area contributed by atoms with Crippen molar-refractivity contribution >= 4 is 24.0 Å². The first-order valence-corrected chi connectivity index (χ1v) is 5.68. The lowest BCUT2D eigenvalue weighted by Gasteiger charge is -2.03. The van der Waals surface area contributed by atoms with Gasteiger partial charge in [0.1, 0.15) is 0 Å². The van der Waals surface area contributed by atoms with Crippen molar-refractivity contribution in [1.29, 1.82) is 0 Å². The van der Waals surface area contributed by atoms with Crippen LogP contribution in [0.3, 0.4) is 0 Å². The van der Waals surface area contributed by atoms with E-state index in [-0.39, 0.29) is 11.3 Å². The number of methoxy groups -OCH3 is 1. The van der Waals surface area contributed by atoms with E-state index >= 15 is 0 Å². The largest absolute Gasteiger partial charge is 0.504 e. The SMILES string of the molecule is C=c1[nH]c(=O)/c(=C/c2ccc(O)c(OC)c2)s1. The fraction of sp³-hybridized carbons (Fsp3) is 0.0833. The fourth-order valence-corrected chi connectivity index (χ4v) is 2.17. The lowest BCUT2D eigenvalue weighted by Crippen LogP contribution is -2.19. The maximum absolute atomic E-state index is 11.5. The van der Waals surface area contributed by atoms with Crippen LogP contribution in [0.15, 0.2) is 23.0 Å². The molecule has 88 valence electrons. The molecule has 2 rings (SSSR count). The van der Waals surface area contributed by atoms with Crippen LogP contribution in [0.1, 0.15) is 5.56 Å². The Balaban J connectivity index is 2.56. The summed E-state index contributed by atoms with van der Waals surface area (Å²) in [4.78, 5) is 14.1. The maximum atomic E-state index is 11.5. The Morgan fingerprint density at radius 3 is 2.88 bits per heavy atom. The summed E-state index contributed by atoms with van der Waals surface area (Å²) < 4.78 is 6.18. The number of hydrogen-bond donors (Lipinski definition) is 2. The lowest BCUT2D eigenvalue weighted by atomic mass is 10.2. The summed E-state index contributed by atoms with van der Waals surface area (Å²) in [6.07, 6.45) is 1.72. The molecule has 0 amide bonds. The third kappa shape index (κ3) is 2.39. The topological polar surface area (TPSA) is 62.3 Å². The zero-order valence-corrected chi connectivity index (χ0v) is 10.0. The molecule has 0 saturated heterocycles. The number of phenols is 1. The molecular formula is C12H11NO3S. The molecule has 0 radical (unpaired) electrons. The predicted molar refractivity (Wildman–Crippen MR) is 67.9 cm³/mol. The van der Waals surface area contributed by atoms with Crippen LogP contribution in [0.25, 0.3) is 12.7 Å². The molecular weight excluding hydrogens is 238 g/mol. The number of hydrogen-bond acceptors (Lipinski definition) is 4. The Morgan fingerprint density at radius 2 is 2.29 bits per heavy atom. The Hall–Kier alpha value is -2.01. The van der Waals surface area contributed by atoms with Crippen molar-refractivity contribution in [2.24, 2.45) is 0 Å². The highest BCUT2D eigenvalue weighted by atomic mass is 32.1. The van der Waals surface area contributed by atoms with Gasteiger partial charge in [0.15, 0.2) is 11.5 Å². The fourth-order valence-electron chi connectivity index (χ4n) is 1.42.